The number of nitrogens with zero attached hydrogens (tertiary/aromatic N) is 1. The highest BCUT2D eigenvalue weighted by Crippen LogP contribution is 2.49. The van der Waals surface area contributed by atoms with Crippen LogP contribution in [-0.2, 0) is 0 Å². The van der Waals surface area contributed by atoms with Gasteiger partial charge in [-0.05, 0) is 79.2 Å². The summed E-state index contributed by atoms with van der Waals surface area (Å²) in [6.45, 7) is 0. The van der Waals surface area contributed by atoms with Crippen molar-refractivity contribution >= 4 is 91.7 Å². The summed E-state index contributed by atoms with van der Waals surface area (Å²) in [7, 11) is 0. The molecule has 10 rings (SSSR count). The van der Waals surface area contributed by atoms with Crippen LogP contribution in [0.2, 0.25) is 0 Å². The zero-order chi connectivity index (χ0) is 31.6. The molecule has 2 heteroatoms. The number of hydrogen-bond donors (Lipinski definition) is 0. The molecule has 0 radical (unpaired) electrons. The highest BCUT2D eigenvalue weighted by atomic mass is 32.1. The van der Waals surface area contributed by atoms with Crippen LogP contribution in [0.4, 0.5) is 17.1 Å². The molecule has 0 saturated carbocycles. The van der Waals surface area contributed by atoms with Gasteiger partial charge in [0, 0.05) is 26.5 Å². The molecule has 10 aromatic rings. The Labute approximate surface area is 282 Å². The fourth-order valence-corrected chi connectivity index (χ4v) is 8.84. The summed E-state index contributed by atoms with van der Waals surface area (Å²) in [4.78, 5) is 2.49. The van der Waals surface area contributed by atoms with Gasteiger partial charge in [0.25, 0.3) is 0 Å². The predicted octanol–water partition coefficient (Wildman–Crippen LogP) is 13.8. The third kappa shape index (κ3) is 4.17. The first-order chi connectivity index (χ1) is 23.8. The van der Waals surface area contributed by atoms with Crippen molar-refractivity contribution in [3.63, 3.8) is 0 Å². The zero-order valence-electron chi connectivity index (χ0n) is 26.1. The molecule has 0 aliphatic rings. The van der Waals surface area contributed by atoms with E-state index in [0.29, 0.717) is 0 Å². The molecular formula is C46H29NS. The van der Waals surface area contributed by atoms with E-state index in [1.165, 1.54) is 85.8 Å². The molecule has 224 valence electrons. The normalized spacial score (nSPS) is 11.8. The molecule has 0 spiro atoms. The molecular weight excluding hydrogens is 599 g/mol. The van der Waals surface area contributed by atoms with Gasteiger partial charge in [0.05, 0.1) is 16.1 Å². The summed E-state index contributed by atoms with van der Waals surface area (Å²) in [6.07, 6.45) is 0. The largest absolute Gasteiger partial charge is 0.308 e. The van der Waals surface area contributed by atoms with Crippen LogP contribution < -0.4 is 4.90 Å². The number of thiophene rings is 1. The van der Waals surface area contributed by atoms with Crippen molar-refractivity contribution < 1.29 is 0 Å². The van der Waals surface area contributed by atoms with Crippen LogP contribution in [0.3, 0.4) is 0 Å². The van der Waals surface area contributed by atoms with Crippen molar-refractivity contribution in [1.82, 2.24) is 0 Å². The van der Waals surface area contributed by atoms with Crippen LogP contribution in [0.1, 0.15) is 0 Å². The molecule has 0 N–H and O–H groups in total. The number of anilines is 3. The molecule has 48 heavy (non-hydrogen) atoms. The third-order valence-electron chi connectivity index (χ3n) is 9.81. The molecule has 0 atom stereocenters. The molecule has 9 aromatic carbocycles. The van der Waals surface area contributed by atoms with E-state index in [0.717, 1.165) is 5.69 Å². The van der Waals surface area contributed by atoms with Crippen molar-refractivity contribution in [2.75, 3.05) is 4.90 Å². The second-order valence-corrected chi connectivity index (χ2v) is 13.5. The highest BCUT2D eigenvalue weighted by Gasteiger charge is 2.22. The molecule has 0 fully saturated rings. The van der Waals surface area contributed by atoms with E-state index in [4.69, 9.17) is 0 Å². The Balaban J connectivity index is 1.29. The summed E-state index contributed by atoms with van der Waals surface area (Å²) < 4.78 is 2.60. The zero-order valence-corrected chi connectivity index (χ0v) is 26.9. The SMILES string of the molecule is c1ccc(-c2ccc(N(c3cc4ccc5ccccc5c4c4ccccc34)c3cccc4c3sc3ccc5ccccc5c34)cc2)cc1. The van der Waals surface area contributed by atoms with Gasteiger partial charge >= 0.3 is 0 Å². The monoisotopic (exact) mass is 627 g/mol. The van der Waals surface area contributed by atoms with Gasteiger partial charge in [-0.25, -0.2) is 0 Å². The lowest BCUT2D eigenvalue weighted by molar-refractivity contribution is 1.32. The van der Waals surface area contributed by atoms with E-state index < -0.39 is 0 Å². The number of hydrogen-bond acceptors (Lipinski definition) is 2. The quantitative estimate of drug-likeness (QED) is 0.176. The van der Waals surface area contributed by atoms with E-state index >= 15 is 0 Å². The lowest BCUT2D eigenvalue weighted by atomic mass is 9.94. The van der Waals surface area contributed by atoms with Crippen molar-refractivity contribution in [1.29, 1.82) is 0 Å². The van der Waals surface area contributed by atoms with Gasteiger partial charge < -0.3 is 4.90 Å². The average Bonchev–Trinajstić information content (AvgIpc) is 3.55. The summed E-state index contributed by atoms with van der Waals surface area (Å²) >= 11 is 1.89. The Kier molecular flexibility index (Phi) is 6.12. The van der Waals surface area contributed by atoms with E-state index in [2.05, 4.69) is 181 Å². The number of rotatable bonds is 4. The fourth-order valence-electron chi connectivity index (χ4n) is 7.61. The molecule has 0 saturated heterocycles. The van der Waals surface area contributed by atoms with Crippen molar-refractivity contribution in [2.45, 2.75) is 0 Å². The van der Waals surface area contributed by atoms with Crippen LogP contribution in [0.15, 0.2) is 176 Å². The van der Waals surface area contributed by atoms with Gasteiger partial charge in [-0.15, -0.1) is 11.3 Å². The Morgan fingerprint density at radius 2 is 0.938 bits per heavy atom. The minimum absolute atomic E-state index is 1.13. The van der Waals surface area contributed by atoms with E-state index in [-0.39, 0.29) is 0 Å². The Morgan fingerprint density at radius 1 is 0.354 bits per heavy atom. The van der Waals surface area contributed by atoms with Crippen molar-refractivity contribution in [2.24, 2.45) is 0 Å². The van der Waals surface area contributed by atoms with Gasteiger partial charge in [-0.1, -0.05) is 146 Å². The standard InChI is InChI=1S/C46H29NS/c1-2-11-30(12-3-1)31-23-26-35(27-24-31)47(41-20-10-19-40-45-37-16-7-5-14-33(37)25-28-43(45)48-46(40)41)42-29-34-22-21-32-13-4-6-15-36(32)44(34)39-18-9-8-17-38(39)42/h1-29H. The highest BCUT2D eigenvalue weighted by molar-refractivity contribution is 7.26. The second kappa shape index (κ2) is 10.8. The van der Waals surface area contributed by atoms with E-state index in [1.54, 1.807) is 0 Å². The molecule has 0 aliphatic heterocycles. The molecule has 0 unspecified atom stereocenters. The van der Waals surface area contributed by atoms with Gasteiger partial charge in [0.15, 0.2) is 0 Å². The molecule has 1 nitrogen and oxygen atoms in total. The lowest BCUT2D eigenvalue weighted by Crippen LogP contribution is -2.11. The molecule has 0 aliphatic carbocycles. The first-order valence-electron chi connectivity index (χ1n) is 16.4. The second-order valence-electron chi connectivity index (χ2n) is 12.5. The van der Waals surface area contributed by atoms with Gasteiger partial charge in [0.1, 0.15) is 0 Å². The summed E-state index contributed by atoms with van der Waals surface area (Å²) in [5.74, 6) is 0. The maximum absolute atomic E-state index is 2.49. The van der Waals surface area contributed by atoms with Crippen LogP contribution in [0.5, 0.6) is 0 Å². The minimum atomic E-state index is 1.13. The molecule has 0 bridgehead atoms. The Morgan fingerprint density at radius 3 is 1.71 bits per heavy atom. The van der Waals surface area contributed by atoms with E-state index in [1.807, 2.05) is 11.3 Å². The lowest BCUT2D eigenvalue weighted by Gasteiger charge is -2.28. The fraction of sp³-hybridized carbons (Fsp3) is 0. The van der Waals surface area contributed by atoms with Crippen LogP contribution in [-0.4, -0.2) is 0 Å². The Bertz CT molecular complexity index is 2830. The maximum Gasteiger partial charge on any atom is 0.0640 e. The van der Waals surface area contributed by atoms with Crippen LogP contribution in [0, 0.1) is 0 Å². The molecule has 0 amide bonds. The van der Waals surface area contributed by atoms with Crippen molar-refractivity contribution in [3.05, 3.63) is 176 Å². The average molecular weight is 628 g/mol. The van der Waals surface area contributed by atoms with Crippen LogP contribution in [0.25, 0.3) is 74.4 Å². The van der Waals surface area contributed by atoms with Crippen LogP contribution >= 0.6 is 11.3 Å². The molecule has 1 heterocycles. The first kappa shape index (κ1) is 27.2. The van der Waals surface area contributed by atoms with Gasteiger partial charge in [-0.3, -0.25) is 0 Å². The summed E-state index contributed by atoms with van der Waals surface area (Å²) in [5, 5.41) is 12.8. The summed E-state index contributed by atoms with van der Waals surface area (Å²) in [5.41, 5.74) is 5.93. The van der Waals surface area contributed by atoms with Gasteiger partial charge in [0.2, 0.25) is 0 Å². The summed E-state index contributed by atoms with van der Waals surface area (Å²) in [6, 6.07) is 64.4. The minimum Gasteiger partial charge on any atom is -0.308 e. The smallest absolute Gasteiger partial charge is 0.0640 e. The van der Waals surface area contributed by atoms with Gasteiger partial charge in [-0.2, -0.15) is 0 Å². The third-order valence-corrected chi connectivity index (χ3v) is 11.0. The number of fused-ring (bicyclic) bond motifs is 10. The topological polar surface area (TPSA) is 3.24 Å². The Hall–Kier alpha value is -5.96. The number of benzene rings is 9. The van der Waals surface area contributed by atoms with Crippen molar-refractivity contribution in [3.8, 4) is 11.1 Å². The maximum atomic E-state index is 2.49. The van der Waals surface area contributed by atoms with E-state index in [9.17, 15) is 0 Å². The molecule has 1 aromatic heterocycles. The predicted molar refractivity (Wildman–Crippen MR) is 209 cm³/mol. The first-order valence-corrected chi connectivity index (χ1v) is 17.3.